The smallest absolute Gasteiger partial charge is 0.0755 e. The van der Waals surface area contributed by atoms with Crippen LogP contribution in [0.1, 0.15) is 12.8 Å². The molecule has 1 aliphatic carbocycles. The Morgan fingerprint density at radius 3 is 2.88 bits per heavy atom. The van der Waals surface area contributed by atoms with Crippen LogP contribution >= 0.6 is 0 Å². The SMILES string of the molecule is N[C@@H]1C[C@H]2CCO[C@H]21. The van der Waals surface area contributed by atoms with Crippen LogP contribution in [0.15, 0.2) is 0 Å². The molecule has 1 saturated carbocycles. The summed E-state index contributed by atoms with van der Waals surface area (Å²) >= 11 is 0. The minimum Gasteiger partial charge on any atom is -0.376 e. The Hall–Kier alpha value is -0.0800. The van der Waals surface area contributed by atoms with Gasteiger partial charge in [0, 0.05) is 12.6 Å². The zero-order valence-corrected chi connectivity index (χ0v) is 4.84. The average Bonchev–Trinajstić information content (AvgIpc) is 2.09. The molecular weight excluding hydrogens is 102 g/mol. The summed E-state index contributed by atoms with van der Waals surface area (Å²) in [6.45, 7) is 0.947. The summed E-state index contributed by atoms with van der Waals surface area (Å²) in [5.74, 6) is 0.824. The first kappa shape index (κ1) is 4.77. The molecule has 0 aromatic carbocycles. The van der Waals surface area contributed by atoms with Crippen molar-refractivity contribution >= 4 is 0 Å². The first-order valence-electron chi connectivity index (χ1n) is 3.25. The van der Waals surface area contributed by atoms with Gasteiger partial charge < -0.3 is 10.5 Å². The largest absolute Gasteiger partial charge is 0.376 e. The number of fused-ring (bicyclic) bond motifs is 1. The van der Waals surface area contributed by atoms with Crippen LogP contribution in [0.3, 0.4) is 0 Å². The van der Waals surface area contributed by atoms with Crippen LogP contribution in [-0.2, 0) is 4.74 Å². The van der Waals surface area contributed by atoms with Crippen molar-refractivity contribution in [3.8, 4) is 0 Å². The lowest BCUT2D eigenvalue weighted by Gasteiger charge is -2.35. The van der Waals surface area contributed by atoms with Crippen molar-refractivity contribution in [1.82, 2.24) is 0 Å². The summed E-state index contributed by atoms with van der Waals surface area (Å²) in [4.78, 5) is 0. The van der Waals surface area contributed by atoms with E-state index in [0.717, 1.165) is 12.5 Å². The first-order chi connectivity index (χ1) is 3.88. The summed E-state index contributed by atoms with van der Waals surface area (Å²) in [7, 11) is 0. The number of nitrogens with two attached hydrogens (primary N) is 1. The van der Waals surface area contributed by atoms with Gasteiger partial charge in [-0.25, -0.2) is 0 Å². The van der Waals surface area contributed by atoms with Crippen molar-refractivity contribution < 1.29 is 4.74 Å². The average molecular weight is 113 g/mol. The van der Waals surface area contributed by atoms with Crippen molar-refractivity contribution in [2.24, 2.45) is 11.7 Å². The number of hydrogen-bond acceptors (Lipinski definition) is 2. The summed E-state index contributed by atoms with van der Waals surface area (Å²) in [5.41, 5.74) is 5.64. The van der Waals surface area contributed by atoms with Crippen LogP contribution in [-0.4, -0.2) is 18.8 Å². The molecule has 1 saturated heterocycles. The van der Waals surface area contributed by atoms with Gasteiger partial charge in [0.25, 0.3) is 0 Å². The fraction of sp³-hybridized carbons (Fsp3) is 1.00. The zero-order chi connectivity index (χ0) is 5.56. The molecule has 46 valence electrons. The van der Waals surface area contributed by atoms with E-state index in [4.69, 9.17) is 10.5 Å². The zero-order valence-electron chi connectivity index (χ0n) is 4.84. The minimum absolute atomic E-state index is 0.363. The Kier molecular flexibility index (Phi) is 0.866. The van der Waals surface area contributed by atoms with E-state index in [1.165, 1.54) is 12.8 Å². The lowest BCUT2D eigenvalue weighted by molar-refractivity contribution is 0.0133. The van der Waals surface area contributed by atoms with E-state index in [0.29, 0.717) is 12.1 Å². The van der Waals surface area contributed by atoms with Crippen molar-refractivity contribution in [2.45, 2.75) is 25.0 Å². The molecule has 2 heteroatoms. The van der Waals surface area contributed by atoms with Gasteiger partial charge in [-0.15, -0.1) is 0 Å². The highest BCUT2D eigenvalue weighted by atomic mass is 16.5. The lowest BCUT2D eigenvalue weighted by Crippen LogP contribution is -2.49. The van der Waals surface area contributed by atoms with Gasteiger partial charge in [-0.3, -0.25) is 0 Å². The predicted molar refractivity (Wildman–Crippen MR) is 30.4 cm³/mol. The van der Waals surface area contributed by atoms with Crippen LogP contribution in [0.4, 0.5) is 0 Å². The lowest BCUT2D eigenvalue weighted by atomic mass is 9.78. The van der Waals surface area contributed by atoms with Crippen molar-refractivity contribution in [3.05, 3.63) is 0 Å². The summed E-state index contributed by atoms with van der Waals surface area (Å²) in [6, 6.07) is 0.363. The molecule has 2 N–H and O–H groups in total. The molecule has 1 aliphatic heterocycles. The van der Waals surface area contributed by atoms with E-state index < -0.39 is 0 Å². The molecule has 0 spiro atoms. The van der Waals surface area contributed by atoms with Gasteiger partial charge in [-0.05, 0) is 18.8 Å². The number of hydrogen-bond donors (Lipinski definition) is 1. The highest BCUT2D eigenvalue weighted by molar-refractivity contribution is 4.96. The van der Waals surface area contributed by atoms with E-state index in [-0.39, 0.29) is 0 Å². The molecule has 2 aliphatic rings. The molecule has 0 unspecified atom stereocenters. The second kappa shape index (κ2) is 1.45. The third kappa shape index (κ3) is 0.446. The monoisotopic (exact) mass is 113 g/mol. The topological polar surface area (TPSA) is 35.2 Å². The normalized spacial score (nSPS) is 52.9. The summed E-state index contributed by atoms with van der Waals surface area (Å²) in [6.07, 6.45) is 2.89. The predicted octanol–water partition coefficient (Wildman–Crippen LogP) is 0.122. The molecule has 2 rings (SSSR count). The third-order valence-corrected chi connectivity index (χ3v) is 2.26. The number of ether oxygens (including phenoxy) is 1. The molecule has 0 amide bonds. The Morgan fingerprint density at radius 1 is 1.50 bits per heavy atom. The van der Waals surface area contributed by atoms with E-state index in [9.17, 15) is 0 Å². The molecule has 1 heterocycles. The molecule has 3 atom stereocenters. The molecule has 8 heavy (non-hydrogen) atoms. The summed E-state index contributed by atoms with van der Waals surface area (Å²) in [5, 5.41) is 0. The maximum Gasteiger partial charge on any atom is 0.0755 e. The van der Waals surface area contributed by atoms with E-state index in [1.54, 1.807) is 0 Å². The van der Waals surface area contributed by atoms with Gasteiger partial charge in [-0.2, -0.15) is 0 Å². The second-order valence-electron chi connectivity index (χ2n) is 2.78. The standard InChI is InChI=1S/C6H11NO/c7-5-3-4-1-2-8-6(4)5/h4-6H,1-3,7H2/t4-,5-,6-/m1/s1. The maximum atomic E-state index is 5.64. The molecule has 0 aromatic heterocycles. The van der Waals surface area contributed by atoms with Gasteiger partial charge in [-0.1, -0.05) is 0 Å². The first-order valence-corrected chi connectivity index (χ1v) is 3.25. The van der Waals surface area contributed by atoms with Gasteiger partial charge >= 0.3 is 0 Å². The van der Waals surface area contributed by atoms with Crippen molar-refractivity contribution in [3.63, 3.8) is 0 Å². The van der Waals surface area contributed by atoms with Gasteiger partial charge in [0.1, 0.15) is 0 Å². The van der Waals surface area contributed by atoms with Crippen LogP contribution in [0.5, 0.6) is 0 Å². The van der Waals surface area contributed by atoms with Crippen LogP contribution in [0.25, 0.3) is 0 Å². The van der Waals surface area contributed by atoms with Crippen LogP contribution in [0.2, 0.25) is 0 Å². The molecular formula is C6H11NO. The molecule has 0 bridgehead atoms. The van der Waals surface area contributed by atoms with E-state index >= 15 is 0 Å². The van der Waals surface area contributed by atoms with Gasteiger partial charge in [0.15, 0.2) is 0 Å². The third-order valence-electron chi connectivity index (χ3n) is 2.26. The van der Waals surface area contributed by atoms with Crippen LogP contribution < -0.4 is 5.73 Å². The highest BCUT2D eigenvalue weighted by Crippen LogP contribution is 2.36. The highest BCUT2D eigenvalue weighted by Gasteiger charge is 2.42. The van der Waals surface area contributed by atoms with Gasteiger partial charge in [0.2, 0.25) is 0 Å². The molecule has 2 fully saturated rings. The Balaban J connectivity index is 2.02. The maximum absolute atomic E-state index is 5.64. The molecule has 0 aromatic rings. The quantitative estimate of drug-likeness (QED) is 0.484. The fourth-order valence-electron chi connectivity index (χ4n) is 1.67. The second-order valence-corrected chi connectivity index (χ2v) is 2.78. The van der Waals surface area contributed by atoms with E-state index in [2.05, 4.69) is 0 Å². The number of rotatable bonds is 0. The molecule has 0 radical (unpaired) electrons. The van der Waals surface area contributed by atoms with Gasteiger partial charge in [0.05, 0.1) is 6.10 Å². The van der Waals surface area contributed by atoms with E-state index in [1.807, 2.05) is 0 Å². The Bertz CT molecular complexity index is 105. The van der Waals surface area contributed by atoms with Crippen molar-refractivity contribution in [2.75, 3.05) is 6.61 Å². The summed E-state index contributed by atoms with van der Waals surface area (Å²) < 4.78 is 5.34. The van der Waals surface area contributed by atoms with Crippen molar-refractivity contribution in [1.29, 1.82) is 0 Å². The van der Waals surface area contributed by atoms with Crippen LogP contribution in [0, 0.1) is 5.92 Å². The Labute approximate surface area is 49.0 Å². The minimum atomic E-state index is 0.363. The molecule has 2 nitrogen and oxygen atoms in total. The Morgan fingerprint density at radius 2 is 2.38 bits per heavy atom. The fourth-order valence-corrected chi connectivity index (χ4v) is 1.67.